The van der Waals surface area contributed by atoms with E-state index in [-0.39, 0.29) is 10.8 Å². The quantitative estimate of drug-likeness (QED) is 0.169. The van der Waals surface area contributed by atoms with Crippen molar-refractivity contribution in [1.82, 2.24) is 0 Å². The van der Waals surface area contributed by atoms with Crippen molar-refractivity contribution in [2.75, 3.05) is 4.90 Å². The highest BCUT2D eigenvalue weighted by Gasteiger charge is 2.52. The molecule has 0 amide bonds. The van der Waals surface area contributed by atoms with Gasteiger partial charge in [-0.15, -0.1) is 0 Å². The summed E-state index contributed by atoms with van der Waals surface area (Å²) in [7, 11) is 0. The van der Waals surface area contributed by atoms with E-state index in [2.05, 4.69) is 192 Å². The number of hydrogen-bond acceptors (Lipinski definition) is 1. The molecular formula is C58H55N. The zero-order chi connectivity index (χ0) is 40.3. The topological polar surface area (TPSA) is 3.24 Å². The lowest BCUT2D eigenvalue weighted by atomic mass is 9.62. The van der Waals surface area contributed by atoms with Crippen LogP contribution in [0.4, 0.5) is 17.1 Å². The van der Waals surface area contributed by atoms with E-state index < -0.39 is 5.41 Å². The summed E-state index contributed by atoms with van der Waals surface area (Å²) in [5.41, 5.74) is 24.5. The minimum absolute atomic E-state index is 0.0809. The number of rotatable bonds is 5. The van der Waals surface area contributed by atoms with Gasteiger partial charge in [0.2, 0.25) is 0 Å². The SMILES string of the molecule is CC(C)c1cc2c(cc1-c1cc3c(cc1N(c1ccccc1)c1ccc4c(c1)CCCC4)C1(c4ccccc4-c4ccccc41)c1ccccc1-3)C(C)(C)CCC2(C)C. The van der Waals surface area contributed by atoms with E-state index >= 15 is 0 Å². The average Bonchev–Trinajstić information content (AvgIpc) is 3.72. The summed E-state index contributed by atoms with van der Waals surface area (Å²) >= 11 is 0. The second-order valence-electron chi connectivity index (χ2n) is 19.5. The first kappa shape index (κ1) is 36.4. The number of nitrogens with zero attached hydrogens (tertiary/aromatic N) is 1. The predicted molar refractivity (Wildman–Crippen MR) is 249 cm³/mol. The van der Waals surface area contributed by atoms with Crippen LogP contribution < -0.4 is 4.90 Å². The molecule has 0 bridgehead atoms. The lowest BCUT2D eigenvalue weighted by molar-refractivity contribution is 0.331. The molecule has 4 aliphatic rings. The van der Waals surface area contributed by atoms with Crippen LogP contribution in [0.1, 0.15) is 123 Å². The van der Waals surface area contributed by atoms with E-state index in [9.17, 15) is 0 Å². The van der Waals surface area contributed by atoms with Gasteiger partial charge in [0.1, 0.15) is 0 Å². The van der Waals surface area contributed by atoms with Crippen molar-refractivity contribution in [3.8, 4) is 33.4 Å². The molecule has 0 heterocycles. The number of anilines is 3. The van der Waals surface area contributed by atoms with E-state index in [1.54, 1.807) is 0 Å². The molecule has 1 spiro atoms. The fraction of sp³-hybridized carbons (Fsp3) is 0.276. The van der Waals surface area contributed by atoms with E-state index in [1.165, 1.54) is 133 Å². The molecule has 4 aliphatic carbocycles. The van der Waals surface area contributed by atoms with Gasteiger partial charge in [0.15, 0.2) is 0 Å². The molecule has 59 heavy (non-hydrogen) atoms. The van der Waals surface area contributed by atoms with Crippen molar-refractivity contribution in [3.63, 3.8) is 0 Å². The third kappa shape index (κ3) is 5.29. The van der Waals surface area contributed by atoms with E-state index in [1.807, 2.05) is 0 Å². The van der Waals surface area contributed by atoms with Crippen LogP contribution in [0.15, 0.2) is 146 Å². The molecule has 0 N–H and O–H groups in total. The van der Waals surface area contributed by atoms with Crippen molar-refractivity contribution in [3.05, 3.63) is 196 Å². The Balaban J connectivity index is 1.29. The van der Waals surface area contributed by atoms with Gasteiger partial charge in [0, 0.05) is 16.9 Å². The molecule has 7 aromatic rings. The molecule has 292 valence electrons. The molecule has 0 aromatic heterocycles. The minimum Gasteiger partial charge on any atom is -0.310 e. The molecule has 1 nitrogen and oxygen atoms in total. The monoisotopic (exact) mass is 765 g/mol. The predicted octanol–water partition coefficient (Wildman–Crippen LogP) is 15.5. The van der Waals surface area contributed by atoms with Crippen molar-refractivity contribution in [1.29, 1.82) is 0 Å². The lowest BCUT2D eigenvalue weighted by Crippen LogP contribution is -2.34. The third-order valence-electron chi connectivity index (χ3n) is 14.9. The van der Waals surface area contributed by atoms with Crippen molar-refractivity contribution in [2.45, 2.75) is 102 Å². The first-order valence-electron chi connectivity index (χ1n) is 22.2. The largest absolute Gasteiger partial charge is 0.310 e. The Morgan fingerprint density at radius 2 is 0.966 bits per heavy atom. The summed E-state index contributed by atoms with van der Waals surface area (Å²) in [6.07, 6.45) is 7.23. The Hall–Kier alpha value is -5.66. The van der Waals surface area contributed by atoms with Crippen molar-refractivity contribution < 1.29 is 0 Å². The highest BCUT2D eigenvalue weighted by atomic mass is 15.1. The number of para-hydroxylation sites is 1. The summed E-state index contributed by atoms with van der Waals surface area (Å²) in [6.45, 7) is 14.7. The van der Waals surface area contributed by atoms with Gasteiger partial charge < -0.3 is 4.90 Å². The van der Waals surface area contributed by atoms with Crippen molar-refractivity contribution >= 4 is 17.1 Å². The first-order valence-corrected chi connectivity index (χ1v) is 22.2. The second kappa shape index (κ2) is 13.2. The summed E-state index contributed by atoms with van der Waals surface area (Å²) in [5.74, 6) is 0.346. The zero-order valence-corrected chi connectivity index (χ0v) is 35.6. The zero-order valence-electron chi connectivity index (χ0n) is 35.6. The maximum atomic E-state index is 2.64. The summed E-state index contributed by atoms with van der Waals surface area (Å²) in [5, 5.41) is 0. The van der Waals surface area contributed by atoms with E-state index in [4.69, 9.17) is 0 Å². The number of benzene rings is 7. The number of hydrogen-bond donors (Lipinski definition) is 0. The molecule has 0 saturated heterocycles. The smallest absolute Gasteiger partial charge is 0.0726 e. The van der Waals surface area contributed by atoms with Crippen molar-refractivity contribution in [2.24, 2.45) is 0 Å². The molecule has 1 heteroatoms. The van der Waals surface area contributed by atoms with Gasteiger partial charge in [-0.05, 0) is 176 Å². The molecule has 7 aromatic carbocycles. The second-order valence-corrected chi connectivity index (χ2v) is 19.5. The summed E-state index contributed by atoms with van der Waals surface area (Å²) in [6, 6.07) is 56.7. The molecule has 0 atom stereocenters. The molecule has 0 aliphatic heterocycles. The maximum absolute atomic E-state index is 2.64. The standard InChI is InChI=1S/C58H55N/c1-37(2)45-34-53-54(57(5,6)31-30-56(53,3)4)35-46(45)48-33-47-44-24-14-17-27-51(44)58(49-25-15-12-22-42(49)43-23-13-16-26-50(43)58)52(47)36-55(48)59(40-20-8-7-9-21-40)41-29-28-38-18-10-11-19-39(38)32-41/h7-9,12-17,20-29,32-37H,10-11,18-19,30-31H2,1-6H3. The summed E-state index contributed by atoms with van der Waals surface area (Å²) in [4.78, 5) is 2.60. The van der Waals surface area contributed by atoms with Crippen LogP contribution in [0.25, 0.3) is 33.4 Å². The van der Waals surface area contributed by atoms with Gasteiger partial charge in [0.25, 0.3) is 0 Å². The Labute approximate surface area is 351 Å². The fourth-order valence-corrected chi connectivity index (χ4v) is 11.7. The van der Waals surface area contributed by atoms with Gasteiger partial charge >= 0.3 is 0 Å². The third-order valence-corrected chi connectivity index (χ3v) is 14.9. The van der Waals surface area contributed by atoms with Crippen LogP contribution in [-0.4, -0.2) is 0 Å². The van der Waals surface area contributed by atoms with E-state index in [0.29, 0.717) is 5.92 Å². The average molecular weight is 766 g/mol. The van der Waals surface area contributed by atoms with Gasteiger partial charge in [-0.25, -0.2) is 0 Å². The first-order chi connectivity index (χ1) is 28.6. The molecular weight excluding hydrogens is 711 g/mol. The van der Waals surface area contributed by atoms with E-state index in [0.717, 1.165) is 6.42 Å². The van der Waals surface area contributed by atoms with Gasteiger partial charge in [-0.1, -0.05) is 145 Å². The van der Waals surface area contributed by atoms with Crippen LogP contribution >= 0.6 is 0 Å². The Morgan fingerprint density at radius 1 is 0.424 bits per heavy atom. The van der Waals surface area contributed by atoms with Crippen LogP contribution in [0.2, 0.25) is 0 Å². The van der Waals surface area contributed by atoms with Crippen LogP contribution in [0.3, 0.4) is 0 Å². The fourth-order valence-electron chi connectivity index (χ4n) is 11.7. The Bertz CT molecular complexity index is 2770. The molecule has 0 saturated carbocycles. The molecule has 0 radical (unpaired) electrons. The lowest BCUT2D eigenvalue weighted by Gasteiger charge is -2.43. The number of fused-ring (bicyclic) bond motifs is 12. The maximum Gasteiger partial charge on any atom is 0.0726 e. The Kier molecular flexibility index (Phi) is 8.13. The van der Waals surface area contributed by atoms with Crippen LogP contribution in [0, 0.1) is 0 Å². The Morgan fingerprint density at radius 3 is 1.58 bits per heavy atom. The number of aryl methyl sites for hydroxylation is 2. The highest BCUT2D eigenvalue weighted by Crippen LogP contribution is 2.64. The molecule has 0 unspecified atom stereocenters. The summed E-state index contributed by atoms with van der Waals surface area (Å²) < 4.78 is 0. The molecule has 0 fully saturated rings. The normalized spacial score (nSPS) is 17.1. The van der Waals surface area contributed by atoms with Gasteiger partial charge in [0.05, 0.1) is 11.1 Å². The highest BCUT2D eigenvalue weighted by molar-refractivity contribution is 6.00. The van der Waals surface area contributed by atoms with Crippen LogP contribution in [0.5, 0.6) is 0 Å². The van der Waals surface area contributed by atoms with Gasteiger partial charge in [-0.3, -0.25) is 0 Å². The minimum atomic E-state index is -0.437. The molecule has 11 rings (SSSR count). The van der Waals surface area contributed by atoms with Gasteiger partial charge in [-0.2, -0.15) is 0 Å². The van der Waals surface area contributed by atoms with Crippen LogP contribution in [-0.2, 0) is 29.1 Å².